The smallest absolute Gasteiger partial charge is 0.230 e. The molecule has 2 rings (SSSR count). The molecule has 0 saturated heterocycles. The predicted octanol–water partition coefficient (Wildman–Crippen LogP) is 1.30. The maximum Gasteiger partial charge on any atom is 0.230 e. The Morgan fingerprint density at radius 2 is 2.12 bits per heavy atom. The average molecular weight is 242 g/mol. The van der Waals surface area contributed by atoms with E-state index in [0.29, 0.717) is 11.6 Å². The van der Waals surface area contributed by atoms with Crippen LogP contribution in [0.3, 0.4) is 0 Å². The zero-order chi connectivity index (χ0) is 11.8. The minimum atomic E-state index is -3.29. The second-order valence-corrected chi connectivity index (χ2v) is 5.77. The van der Waals surface area contributed by atoms with E-state index in [1.54, 1.807) is 19.1 Å². The van der Waals surface area contributed by atoms with Crippen LogP contribution in [-0.4, -0.2) is 25.8 Å². The Kier molecular flexibility index (Phi) is 2.75. The topological polar surface area (TPSA) is 68.3 Å². The number of aryl methyl sites for hydroxylation is 1. The van der Waals surface area contributed by atoms with Crippen molar-refractivity contribution in [2.45, 2.75) is 25.9 Å². The van der Waals surface area contributed by atoms with Crippen LogP contribution in [0.25, 0.3) is 0 Å². The van der Waals surface area contributed by atoms with Gasteiger partial charge >= 0.3 is 0 Å². The largest absolute Gasteiger partial charge is 0.490 e. The van der Waals surface area contributed by atoms with Crippen LogP contribution in [0.4, 0.5) is 5.82 Å². The van der Waals surface area contributed by atoms with Gasteiger partial charge in [-0.05, 0) is 19.8 Å². The molecule has 88 valence electrons. The molecule has 0 atom stereocenters. The molecule has 0 unspecified atom stereocenters. The fourth-order valence-corrected chi connectivity index (χ4v) is 1.81. The summed E-state index contributed by atoms with van der Waals surface area (Å²) in [6.45, 7) is 1.80. The third-order valence-electron chi connectivity index (χ3n) is 2.04. The quantitative estimate of drug-likeness (QED) is 0.864. The maximum atomic E-state index is 11.1. The number of nitrogens with one attached hydrogen (secondary N) is 1. The van der Waals surface area contributed by atoms with Crippen molar-refractivity contribution in [3.05, 3.63) is 17.8 Å². The highest BCUT2D eigenvalue weighted by atomic mass is 32.2. The second kappa shape index (κ2) is 3.93. The van der Waals surface area contributed by atoms with Crippen molar-refractivity contribution in [3.8, 4) is 5.75 Å². The van der Waals surface area contributed by atoms with E-state index in [-0.39, 0.29) is 6.10 Å². The molecule has 1 aromatic rings. The Balaban J connectivity index is 2.20. The third kappa shape index (κ3) is 3.37. The summed E-state index contributed by atoms with van der Waals surface area (Å²) in [5.74, 6) is 0.972. The van der Waals surface area contributed by atoms with Crippen LogP contribution in [0.5, 0.6) is 5.75 Å². The first kappa shape index (κ1) is 11.2. The Hall–Kier alpha value is -1.30. The first-order valence-electron chi connectivity index (χ1n) is 5.05. The molecule has 0 aliphatic heterocycles. The Morgan fingerprint density at radius 3 is 2.69 bits per heavy atom. The van der Waals surface area contributed by atoms with Crippen molar-refractivity contribution >= 4 is 15.8 Å². The molecule has 5 nitrogen and oxygen atoms in total. The molecule has 16 heavy (non-hydrogen) atoms. The van der Waals surface area contributed by atoms with Gasteiger partial charge in [-0.15, -0.1) is 0 Å². The van der Waals surface area contributed by atoms with E-state index in [1.807, 2.05) is 0 Å². The van der Waals surface area contributed by atoms with E-state index in [1.165, 1.54) is 0 Å². The van der Waals surface area contributed by atoms with Gasteiger partial charge in [0.2, 0.25) is 10.0 Å². The summed E-state index contributed by atoms with van der Waals surface area (Å²) in [5.41, 5.74) is 0.726. The number of aromatic nitrogens is 1. The molecule has 1 aliphatic rings. The molecule has 1 saturated carbocycles. The number of nitrogens with zero attached hydrogens (tertiary/aromatic N) is 1. The summed E-state index contributed by atoms with van der Waals surface area (Å²) in [6.07, 6.45) is 3.51. The molecule has 0 amide bonds. The summed E-state index contributed by atoms with van der Waals surface area (Å²) in [7, 11) is -3.29. The van der Waals surface area contributed by atoms with E-state index in [4.69, 9.17) is 4.74 Å². The van der Waals surface area contributed by atoms with Crippen molar-refractivity contribution in [2.75, 3.05) is 11.0 Å². The lowest BCUT2D eigenvalue weighted by Gasteiger charge is -2.08. The first-order valence-corrected chi connectivity index (χ1v) is 6.95. The first-order chi connectivity index (χ1) is 7.42. The van der Waals surface area contributed by atoms with Gasteiger partial charge in [-0.2, -0.15) is 0 Å². The van der Waals surface area contributed by atoms with Gasteiger partial charge in [0.1, 0.15) is 11.6 Å². The number of hydrogen-bond acceptors (Lipinski definition) is 4. The standard InChI is InChI=1S/C10H14N2O3S/c1-7-5-9(15-8-3-4-8)6-10(11-7)12-16(2,13)14/h5-6,8H,3-4H2,1-2H3,(H,11,12). The Bertz CT molecular complexity index is 495. The van der Waals surface area contributed by atoms with E-state index < -0.39 is 10.0 Å². The van der Waals surface area contributed by atoms with Crippen LogP contribution in [0, 0.1) is 6.92 Å². The monoisotopic (exact) mass is 242 g/mol. The zero-order valence-electron chi connectivity index (χ0n) is 9.23. The minimum Gasteiger partial charge on any atom is -0.490 e. The predicted molar refractivity (Wildman–Crippen MR) is 61.1 cm³/mol. The minimum absolute atomic E-state index is 0.285. The SMILES string of the molecule is Cc1cc(OC2CC2)cc(NS(C)(=O)=O)n1. The summed E-state index contributed by atoms with van der Waals surface area (Å²) < 4.78 is 30.1. The summed E-state index contributed by atoms with van der Waals surface area (Å²) in [6, 6.07) is 3.40. The highest BCUT2D eigenvalue weighted by molar-refractivity contribution is 7.92. The molecule has 0 radical (unpaired) electrons. The van der Waals surface area contributed by atoms with Crippen molar-refractivity contribution in [3.63, 3.8) is 0 Å². The van der Waals surface area contributed by atoms with Crippen LogP contribution >= 0.6 is 0 Å². The lowest BCUT2D eigenvalue weighted by molar-refractivity contribution is 0.303. The number of hydrogen-bond donors (Lipinski definition) is 1. The summed E-state index contributed by atoms with van der Waals surface area (Å²) in [4.78, 5) is 4.08. The normalized spacial score (nSPS) is 15.9. The van der Waals surface area contributed by atoms with Gasteiger partial charge in [0, 0.05) is 17.8 Å². The number of pyridine rings is 1. The van der Waals surface area contributed by atoms with Crippen LogP contribution < -0.4 is 9.46 Å². The highest BCUT2D eigenvalue weighted by Gasteiger charge is 2.23. The van der Waals surface area contributed by atoms with Crippen molar-refractivity contribution in [1.82, 2.24) is 4.98 Å². The molecule has 1 fully saturated rings. The van der Waals surface area contributed by atoms with Crippen molar-refractivity contribution in [1.29, 1.82) is 0 Å². The Labute approximate surface area is 94.9 Å². The van der Waals surface area contributed by atoms with E-state index in [2.05, 4.69) is 9.71 Å². The molecular formula is C10H14N2O3S. The molecule has 1 heterocycles. The average Bonchev–Trinajstić information content (AvgIpc) is 2.82. The van der Waals surface area contributed by atoms with Gasteiger partial charge < -0.3 is 4.74 Å². The fraction of sp³-hybridized carbons (Fsp3) is 0.500. The molecule has 1 N–H and O–H groups in total. The second-order valence-electron chi connectivity index (χ2n) is 4.02. The zero-order valence-corrected chi connectivity index (χ0v) is 10.0. The summed E-state index contributed by atoms with van der Waals surface area (Å²) >= 11 is 0. The van der Waals surface area contributed by atoms with Gasteiger partial charge in [-0.1, -0.05) is 0 Å². The number of sulfonamides is 1. The van der Waals surface area contributed by atoms with E-state index in [0.717, 1.165) is 24.8 Å². The van der Waals surface area contributed by atoms with Crippen molar-refractivity contribution < 1.29 is 13.2 Å². The molecule has 0 aromatic carbocycles. The Morgan fingerprint density at radius 1 is 1.44 bits per heavy atom. The van der Waals surface area contributed by atoms with E-state index >= 15 is 0 Å². The third-order valence-corrected chi connectivity index (χ3v) is 2.62. The number of anilines is 1. The highest BCUT2D eigenvalue weighted by Crippen LogP contribution is 2.28. The van der Waals surface area contributed by atoms with Gasteiger partial charge in [-0.3, -0.25) is 4.72 Å². The van der Waals surface area contributed by atoms with Crippen LogP contribution in [0.1, 0.15) is 18.5 Å². The molecule has 1 aromatic heterocycles. The van der Waals surface area contributed by atoms with Crippen LogP contribution in [0.15, 0.2) is 12.1 Å². The number of ether oxygens (including phenoxy) is 1. The lowest BCUT2D eigenvalue weighted by atomic mass is 10.3. The molecular weight excluding hydrogens is 228 g/mol. The van der Waals surface area contributed by atoms with Gasteiger partial charge in [-0.25, -0.2) is 13.4 Å². The van der Waals surface area contributed by atoms with Gasteiger partial charge in [0.05, 0.1) is 12.4 Å². The molecule has 0 bridgehead atoms. The van der Waals surface area contributed by atoms with Crippen LogP contribution in [-0.2, 0) is 10.0 Å². The fourth-order valence-electron chi connectivity index (χ4n) is 1.33. The molecule has 0 spiro atoms. The maximum absolute atomic E-state index is 11.1. The number of rotatable bonds is 4. The van der Waals surface area contributed by atoms with Gasteiger partial charge in [0.25, 0.3) is 0 Å². The molecule has 1 aliphatic carbocycles. The summed E-state index contributed by atoms with van der Waals surface area (Å²) in [5, 5.41) is 0. The van der Waals surface area contributed by atoms with E-state index in [9.17, 15) is 8.42 Å². The van der Waals surface area contributed by atoms with Crippen molar-refractivity contribution in [2.24, 2.45) is 0 Å². The molecule has 6 heteroatoms. The lowest BCUT2D eigenvalue weighted by Crippen LogP contribution is -2.11. The van der Waals surface area contributed by atoms with Crippen LogP contribution in [0.2, 0.25) is 0 Å². The van der Waals surface area contributed by atoms with Gasteiger partial charge in [0.15, 0.2) is 0 Å².